The Morgan fingerprint density at radius 2 is 1.88 bits per heavy atom. The first-order chi connectivity index (χ1) is 15.6. The molecule has 7 heteroatoms. The van der Waals surface area contributed by atoms with Crippen LogP contribution in [0.4, 0.5) is 4.39 Å². The number of benzene rings is 2. The number of carbonyl (C=O) groups is 1. The molecule has 1 aliphatic heterocycles. The Balaban J connectivity index is 1.61. The topological polar surface area (TPSA) is 58.2 Å². The van der Waals surface area contributed by atoms with Gasteiger partial charge >= 0.3 is 0 Å². The van der Waals surface area contributed by atoms with E-state index >= 15 is 0 Å². The lowest BCUT2D eigenvalue weighted by molar-refractivity contribution is -0.122. The highest BCUT2D eigenvalue weighted by Gasteiger charge is 2.34. The third kappa shape index (κ3) is 5.31. The van der Waals surface area contributed by atoms with Crippen LogP contribution in [-0.4, -0.2) is 22.2 Å². The summed E-state index contributed by atoms with van der Waals surface area (Å²) >= 11 is 1.22. The molecule has 1 fully saturated rings. The minimum Gasteiger partial charge on any atom is -0.467 e. The maximum atomic E-state index is 13.8. The van der Waals surface area contributed by atoms with Crippen LogP contribution in [0.3, 0.4) is 0 Å². The van der Waals surface area contributed by atoms with Crippen LogP contribution in [-0.2, 0) is 11.3 Å². The smallest absolute Gasteiger partial charge is 0.267 e. The number of hydrogen-bond donors (Lipinski definition) is 0. The Labute approximate surface area is 189 Å². The third-order valence-corrected chi connectivity index (χ3v) is 5.58. The molecular formula is C25H20FN3O2S. The number of amides is 1. The first-order valence-electron chi connectivity index (χ1n) is 9.93. The Bertz CT molecular complexity index is 1220. The average molecular weight is 446 g/mol. The van der Waals surface area contributed by atoms with E-state index in [1.807, 2.05) is 49.4 Å². The van der Waals surface area contributed by atoms with E-state index in [9.17, 15) is 9.18 Å². The Morgan fingerprint density at radius 3 is 2.62 bits per heavy atom. The van der Waals surface area contributed by atoms with E-state index in [0.717, 1.165) is 11.1 Å². The molecule has 0 radical (unpaired) electrons. The number of carbonyl (C=O) groups excluding carboxylic acids is 1. The summed E-state index contributed by atoms with van der Waals surface area (Å²) in [6.07, 6.45) is 6.72. The molecule has 0 saturated carbocycles. The molecule has 4 rings (SSSR count). The maximum absolute atomic E-state index is 13.8. The highest BCUT2D eigenvalue weighted by molar-refractivity contribution is 8.18. The molecule has 3 aromatic rings. The molecule has 0 aliphatic carbocycles. The van der Waals surface area contributed by atoms with Crippen molar-refractivity contribution >= 4 is 35.1 Å². The van der Waals surface area contributed by atoms with Crippen LogP contribution in [0.25, 0.3) is 6.08 Å². The number of hydrogen-bond acceptors (Lipinski definition) is 5. The van der Waals surface area contributed by atoms with E-state index in [0.29, 0.717) is 21.4 Å². The molecule has 1 amide bonds. The molecule has 0 N–H and O–H groups in total. The summed E-state index contributed by atoms with van der Waals surface area (Å²) in [4.78, 5) is 15.1. The summed E-state index contributed by atoms with van der Waals surface area (Å²) in [6, 6.07) is 19.7. The largest absolute Gasteiger partial charge is 0.467 e. The van der Waals surface area contributed by atoms with E-state index in [4.69, 9.17) is 4.42 Å². The summed E-state index contributed by atoms with van der Waals surface area (Å²) in [5, 5.41) is 8.62. The SMILES string of the molecule is CC(/C=C1\S/C(=N/N=C\c2ccccc2F)N(Cc2ccco2)C1=O)=C\c1ccccc1. The van der Waals surface area contributed by atoms with Crippen molar-refractivity contribution in [3.8, 4) is 0 Å². The van der Waals surface area contributed by atoms with Gasteiger partial charge in [-0.2, -0.15) is 5.10 Å². The number of halogens is 1. The van der Waals surface area contributed by atoms with E-state index in [-0.39, 0.29) is 18.3 Å². The monoisotopic (exact) mass is 445 g/mol. The van der Waals surface area contributed by atoms with Gasteiger partial charge in [0, 0.05) is 5.56 Å². The first kappa shape index (κ1) is 21.5. The standard InChI is InChI=1S/C25H20FN3O2S/c1-18(14-19-8-3-2-4-9-19)15-23-24(30)29(17-21-11-7-13-31-21)25(32-23)28-27-16-20-10-5-6-12-22(20)26/h2-16H,17H2,1H3/b18-14+,23-15-,27-16-,28-25+. The summed E-state index contributed by atoms with van der Waals surface area (Å²) in [5.74, 6) is 0.0517. The third-order valence-electron chi connectivity index (χ3n) is 4.58. The van der Waals surface area contributed by atoms with Crippen LogP contribution in [0, 0.1) is 5.82 Å². The van der Waals surface area contributed by atoms with Crippen molar-refractivity contribution in [1.82, 2.24) is 4.90 Å². The lowest BCUT2D eigenvalue weighted by atomic mass is 10.1. The second-order valence-electron chi connectivity index (χ2n) is 7.03. The predicted octanol–water partition coefficient (Wildman–Crippen LogP) is 5.87. The summed E-state index contributed by atoms with van der Waals surface area (Å²) in [5.41, 5.74) is 2.30. The van der Waals surface area contributed by atoms with Crippen molar-refractivity contribution in [3.63, 3.8) is 0 Å². The fraction of sp³-hybridized carbons (Fsp3) is 0.0800. The fourth-order valence-electron chi connectivity index (χ4n) is 3.06. The van der Waals surface area contributed by atoms with Gasteiger partial charge in [-0.15, -0.1) is 5.10 Å². The first-order valence-corrected chi connectivity index (χ1v) is 10.7. The molecule has 0 bridgehead atoms. The number of furan rings is 1. The van der Waals surface area contributed by atoms with Gasteiger partial charge in [0.2, 0.25) is 0 Å². The zero-order valence-electron chi connectivity index (χ0n) is 17.3. The summed E-state index contributed by atoms with van der Waals surface area (Å²) in [7, 11) is 0. The van der Waals surface area contributed by atoms with Gasteiger partial charge in [-0.05, 0) is 54.1 Å². The highest BCUT2D eigenvalue weighted by Crippen LogP contribution is 2.33. The van der Waals surface area contributed by atoms with Gasteiger partial charge in [0.05, 0.1) is 23.9 Å². The predicted molar refractivity (Wildman–Crippen MR) is 126 cm³/mol. The Kier molecular flexibility index (Phi) is 6.77. The molecule has 5 nitrogen and oxygen atoms in total. The van der Waals surface area contributed by atoms with Crippen LogP contribution in [0.2, 0.25) is 0 Å². The molecule has 1 aliphatic rings. The van der Waals surface area contributed by atoms with Gasteiger partial charge < -0.3 is 4.42 Å². The van der Waals surface area contributed by atoms with Crippen molar-refractivity contribution < 1.29 is 13.6 Å². The van der Waals surface area contributed by atoms with E-state index < -0.39 is 0 Å². The van der Waals surface area contributed by atoms with Crippen molar-refractivity contribution in [2.45, 2.75) is 13.5 Å². The van der Waals surface area contributed by atoms with E-state index in [2.05, 4.69) is 10.2 Å². The van der Waals surface area contributed by atoms with Crippen LogP contribution in [0.5, 0.6) is 0 Å². The lowest BCUT2D eigenvalue weighted by Gasteiger charge is -2.12. The number of thioether (sulfide) groups is 1. The average Bonchev–Trinajstić information content (AvgIpc) is 3.40. The van der Waals surface area contributed by atoms with Crippen molar-refractivity contribution in [3.05, 3.63) is 112 Å². The quantitative estimate of drug-likeness (QED) is 0.271. The van der Waals surface area contributed by atoms with Crippen LogP contribution in [0.1, 0.15) is 23.8 Å². The molecule has 0 atom stereocenters. The van der Waals surface area contributed by atoms with Gasteiger partial charge in [-0.25, -0.2) is 4.39 Å². The summed E-state index contributed by atoms with van der Waals surface area (Å²) < 4.78 is 19.2. The second-order valence-corrected chi connectivity index (χ2v) is 8.04. The minimum atomic E-state index is -0.388. The summed E-state index contributed by atoms with van der Waals surface area (Å²) in [6.45, 7) is 2.17. The second kappa shape index (κ2) is 10.1. The van der Waals surface area contributed by atoms with Crippen molar-refractivity contribution in [2.24, 2.45) is 10.2 Å². The number of rotatable bonds is 6. The van der Waals surface area contributed by atoms with Gasteiger partial charge in [0.1, 0.15) is 11.6 Å². The van der Waals surface area contributed by atoms with Crippen molar-refractivity contribution in [2.75, 3.05) is 0 Å². The Hall–Kier alpha value is -3.71. The molecule has 160 valence electrons. The fourth-order valence-corrected chi connectivity index (χ4v) is 4.05. The molecule has 0 unspecified atom stereocenters. The van der Waals surface area contributed by atoms with Gasteiger partial charge in [0.25, 0.3) is 5.91 Å². The number of amidine groups is 1. The molecule has 2 aromatic carbocycles. The normalized spacial score (nSPS) is 17.2. The lowest BCUT2D eigenvalue weighted by Crippen LogP contribution is -2.28. The zero-order valence-corrected chi connectivity index (χ0v) is 18.1. The maximum Gasteiger partial charge on any atom is 0.267 e. The molecule has 1 saturated heterocycles. The highest BCUT2D eigenvalue weighted by atomic mass is 32.2. The van der Waals surface area contributed by atoms with Crippen LogP contribution < -0.4 is 0 Å². The van der Waals surface area contributed by atoms with Crippen LogP contribution in [0.15, 0.2) is 104 Å². The molecule has 32 heavy (non-hydrogen) atoms. The number of nitrogens with zero attached hydrogens (tertiary/aromatic N) is 3. The van der Waals surface area contributed by atoms with E-state index in [1.165, 1.54) is 28.9 Å². The van der Waals surface area contributed by atoms with E-state index in [1.54, 1.807) is 36.6 Å². The van der Waals surface area contributed by atoms with Gasteiger partial charge in [-0.1, -0.05) is 54.6 Å². The minimum absolute atomic E-state index is 0.188. The van der Waals surface area contributed by atoms with Crippen molar-refractivity contribution in [1.29, 1.82) is 0 Å². The molecule has 0 spiro atoms. The molecular weight excluding hydrogens is 425 g/mol. The van der Waals surface area contributed by atoms with Gasteiger partial charge in [-0.3, -0.25) is 9.69 Å². The Morgan fingerprint density at radius 1 is 1.09 bits per heavy atom. The van der Waals surface area contributed by atoms with Crippen LogP contribution >= 0.6 is 11.8 Å². The van der Waals surface area contributed by atoms with Gasteiger partial charge in [0.15, 0.2) is 5.17 Å². The zero-order chi connectivity index (χ0) is 22.3. The molecule has 1 aromatic heterocycles. The molecule has 2 heterocycles. The number of allylic oxidation sites excluding steroid dienone is 2.